The number of carbonyl (C=O) groups is 1. The van der Waals surface area contributed by atoms with E-state index in [4.69, 9.17) is 28.5 Å². The number of aliphatic hydroxyl groups excluding tert-OH is 1. The molecule has 1 aromatic carbocycles. The number of carbonyl (C=O) groups excluding carboxylic acids is 1. The highest BCUT2D eigenvalue weighted by molar-refractivity contribution is 6.53. The van der Waals surface area contributed by atoms with Crippen LogP contribution >= 0.6 is 23.2 Å². The van der Waals surface area contributed by atoms with Gasteiger partial charge in [0.05, 0.1) is 23.7 Å². The SMILES string of the molecule is CC(C#N)c1ccc(-c2ccc(C(O)C(CF)NC(=O)C(Cl)Cl)cc2)cn1. The number of nitriles is 1. The number of nitrogens with one attached hydrogen (secondary N) is 1. The van der Waals surface area contributed by atoms with Crippen LogP contribution in [0.5, 0.6) is 0 Å². The van der Waals surface area contributed by atoms with Crippen molar-refractivity contribution in [2.75, 3.05) is 6.67 Å². The van der Waals surface area contributed by atoms with Crippen molar-refractivity contribution < 1.29 is 14.3 Å². The van der Waals surface area contributed by atoms with Crippen LogP contribution in [0.2, 0.25) is 0 Å². The summed E-state index contributed by atoms with van der Waals surface area (Å²) in [5.74, 6) is -1.06. The van der Waals surface area contributed by atoms with Crippen LogP contribution < -0.4 is 5.32 Å². The van der Waals surface area contributed by atoms with E-state index in [9.17, 15) is 14.3 Å². The maximum absolute atomic E-state index is 13.2. The van der Waals surface area contributed by atoms with E-state index in [-0.39, 0.29) is 5.92 Å². The normalized spacial score (nSPS) is 14.3. The van der Waals surface area contributed by atoms with Crippen LogP contribution in [0.3, 0.4) is 0 Å². The van der Waals surface area contributed by atoms with Gasteiger partial charge in [-0.1, -0.05) is 53.5 Å². The van der Waals surface area contributed by atoms with Gasteiger partial charge in [-0.05, 0) is 24.1 Å². The van der Waals surface area contributed by atoms with Crippen LogP contribution in [0.25, 0.3) is 11.1 Å². The lowest BCUT2D eigenvalue weighted by Gasteiger charge is -2.22. The van der Waals surface area contributed by atoms with E-state index in [1.54, 1.807) is 43.5 Å². The number of nitrogens with zero attached hydrogens (tertiary/aromatic N) is 2. The van der Waals surface area contributed by atoms with Crippen LogP contribution in [-0.4, -0.2) is 33.6 Å². The van der Waals surface area contributed by atoms with Crippen LogP contribution in [0.15, 0.2) is 42.6 Å². The fraction of sp³-hybridized carbons (Fsp3) is 0.316. The molecule has 5 nitrogen and oxygen atoms in total. The Hall–Kier alpha value is -2.20. The summed E-state index contributed by atoms with van der Waals surface area (Å²) < 4.78 is 13.2. The molecule has 0 saturated heterocycles. The molecule has 1 aromatic heterocycles. The molecule has 8 heteroatoms. The lowest BCUT2D eigenvalue weighted by atomic mass is 9.99. The first-order chi connectivity index (χ1) is 12.9. The highest BCUT2D eigenvalue weighted by atomic mass is 35.5. The molecule has 0 aliphatic heterocycles. The molecule has 0 bridgehead atoms. The Balaban J connectivity index is 2.14. The van der Waals surface area contributed by atoms with Gasteiger partial charge in [-0.3, -0.25) is 9.78 Å². The minimum atomic E-state index is -1.34. The molecule has 0 saturated carbocycles. The van der Waals surface area contributed by atoms with Gasteiger partial charge >= 0.3 is 0 Å². The van der Waals surface area contributed by atoms with Crippen molar-refractivity contribution in [1.29, 1.82) is 5.26 Å². The standard InChI is InChI=1S/C19H18Cl2FN3O2/c1-11(9-23)15-7-6-14(10-24-15)12-2-4-13(5-3-12)17(26)16(8-22)25-19(27)18(20)21/h2-7,10-11,16-18,26H,8H2,1H3,(H,25,27). The average Bonchev–Trinajstić information content (AvgIpc) is 2.70. The second-order valence-corrected chi connectivity index (χ2v) is 7.06. The molecule has 1 amide bonds. The number of amides is 1. The number of benzene rings is 1. The zero-order chi connectivity index (χ0) is 20.0. The molecule has 0 fully saturated rings. The third-order valence-corrected chi connectivity index (χ3v) is 4.48. The van der Waals surface area contributed by atoms with Crippen molar-refractivity contribution in [1.82, 2.24) is 10.3 Å². The Labute approximate surface area is 166 Å². The van der Waals surface area contributed by atoms with Gasteiger partial charge in [0.15, 0.2) is 4.84 Å². The monoisotopic (exact) mass is 409 g/mol. The van der Waals surface area contributed by atoms with Gasteiger partial charge in [0.1, 0.15) is 12.8 Å². The van der Waals surface area contributed by atoms with Crippen molar-refractivity contribution in [3.05, 3.63) is 53.9 Å². The predicted octanol–water partition coefficient (Wildman–Crippen LogP) is 3.67. The van der Waals surface area contributed by atoms with E-state index in [2.05, 4.69) is 16.4 Å². The molecule has 0 aliphatic rings. The molecular weight excluding hydrogens is 392 g/mol. The Morgan fingerprint density at radius 3 is 2.37 bits per heavy atom. The second kappa shape index (κ2) is 9.65. The third kappa shape index (κ3) is 5.39. The molecule has 0 radical (unpaired) electrons. The number of aromatic nitrogens is 1. The van der Waals surface area contributed by atoms with Crippen molar-refractivity contribution in [2.45, 2.75) is 29.8 Å². The Morgan fingerprint density at radius 2 is 1.89 bits per heavy atom. The zero-order valence-electron chi connectivity index (χ0n) is 14.4. The van der Waals surface area contributed by atoms with Gasteiger partial charge in [0.2, 0.25) is 0 Å². The first kappa shape index (κ1) is 21.1. The van der Waals surface area contributed by atoms with Crippen molar-refractivity contribution in [2.24, 2.45) is 0 Å². The van der Waals surface area contributed by atoms with Crippen LogP contribution in [0, 0.1) is 11.3 Å². The first-order valence-corrected chi connectivity index (χ1v) is 9.03. The summed E-state index contributed by atoms with van der Waals surface area (Å²) in [4.78, 5) is 14.4. The van der Waals surface area contributed by atoms with E-state index in [1.165, 1.54) is 0 Å². The molecule has 2 N–H and O–H groups in total. The number of aliphatic hydroxyl groups is 1. The molecular formula is C19H18Cl2FN3O2. The topological polar surface area (TPSA) is 86.0 Å². The molecule has 3 unspecified atom stereocenters. The summed E-state index contributed by atoms with van der Waals surface area (Å²) >= 11 is 10.9. The van der Waals surface area contributed by atoms with Gasteiger partial charge in [0, 0.05) is 11.8 Å². The van der Waals surface area contributed by atoms with E-state index >= 15 is 0 Å². The Morgan fingerprint density at radius 1 is 1.26 bits per heavy atom. The zero-order valence-corrected chi connectivity index (χ0v) is 16.0. The maximum atomic E-state index is 13.2. The summed E-state index contributed by atoms with van der Waals surface area (Å²) in [5.41, 5.74) is 2.81. The van der Waals surface area contributed by atoms with Crippen LogP contribution in [0.4, 0.5) is 4.39 Å². The quantitative estimate of drug-likeness (QED) is 0.683. The van der Waals surface area contributed by atoms with Crippen LogP contribution in [0.1, 0.15) is 30.2 Å². The van der Waals surface area contributed by atoms with Gasteiger partial charge in [-0.2, -0.15) is 5.26 Å². The number of hydrogen-bond acceptors (Lipinski definition) is 4. The average molecular weight is 410 g/mol. The number of halogens is 3. The van der Waals surface area contributed by atoms with Gasteiger partial charge < -0.3 is 10.4 Å². The van der Waals surface area contributed by atoms with E-state index < -0.39 is 29.6 Å². The number of rotatable bonds is 7. The number of alkyl halides is 3. The largest absolute Gasteiger partial charge is 0.386 e. The molecule has 2 aromatic rings. The number of hydrogen-bond donors (Lipinski definition) is 2. The molecule has 0 aliphatic carbocycles. The third-order valence-electron chi connectivity index (χ3n) is 4.08. The first-order valence-electron chi connectivity index (χ1n) is 8.15. The number of pyridine rings is 1. The van der Waals surface area contributed by atoms with E-state index in [0.717, 1.165) is 11.1 Å². The molecule has 0 spiro atoms. The molecule has 27 heavy (non-hydrogen) atoms. The van der Waals surface area contributed by atoms with E-state index in [1.807, 2.05) is 6.07 Å². The summed E-state index contributed by atoms with van der Waals surface area (Å²) in [6, 6.07) is 11.4. The Kier molecular flexibility index (Phi) is 7.55. The summed E-state index contributed by atoms with van der Waals surface area (Å²) in [7, 11) is 0. The molecule has 1 heterocycles. The van der Waals surface area contributed by atoms with Crippen molar-refractivity contribution in [3.63, 3.8) is 0 Å². The van der Waals surface area contributed by atoms with Gasteiger partial charge in [0.25, 0.3) is 5.91 Å². The smallest absolute Gasteiger partial charge is 0.253 e. The molecule has 142 valence electrons. The van der Waals surface area contributed by atoms with Gasteiger partial charge in [-0.15, -0.1) is 0 Å². The predicted molar refractivity (Wildman–Crippen MR) is 102 cm³/mol. The van der Waals surface area contributed by atoms with Crippen molar-refractivity contribution in [3.8, 4) is 17.2 Å². The highest BCUT2D eigenvalue weighted by Crippen LogP contribution is 2.24. The van der Waals surface area contributed by atoms with E-state index in [0.29, 0.717) is 11.3 Å². The fourth-order valence-electron chi connectivity index (χ4n) is 2.45. The van der Waals surface area contributed by atoms with Gasteiger partial charge in [-0.25, -0.2) is 4.39 Å². The molecule has 3 atom stereocenters. The highest BCUT2D eigenvalue weighted by Gasteiger charge is 2.25. The van der Waals surface area contributed by atoms with Crippen LogP contribution in [-0.2, 0) is 4.79 Å². The maximum Gasteiger partial charge on any atom is 0.253 e. The Bertz CT molecular complexity index is 807. The lowest BCUT2D eigenvalue weighted by molar-refractivity contribution is -0.121. The summed E-state index contributed by atoms with van der Waals surface area (Å²) in [6.45, 7) is 0.798. The summed E-state index contributed by atoms with van der Waals surface area (Å²) in [6.07, 6.45) is 0.414. The summed E-state index contributed by atoms with van der Waals surface area (Å²) in [5, 5.41) is 21.5. The molecule has 2 rings (SSSR count). The van der Waals surface area contributed by atoms with Crippen molar-refractivity contribution >= 4 is 29.1 Å². The minimum absolute atomic E-state index is 0.287. The second-order valence-electron chi connectivity index (χ2n) is 5.96. The fourth-order valence-corrected chi connectivity index (χ4v) is 2.58. The minimum Gasteiger partial charge on any atom is -0.386 e. The lowest BCUT2D eigenvalue weighted by Crippen LogP contribution is -2.43.